The molecule has 74 valence electrons. The highest BCUT2D eigenvalue weighted by atomic mass is 19.4. The van der Waals surface area contributed by atoms with Crippen molar-refractivity contribution in [2.24, 2.45) is 0 Å². The largest absolute Gasteiger partial charge is 0.467 e. The van der Waals surface area contributed by atoms with E-state index >= 15 is 0 Å². The van der Waals surface area contributed by atoms with Crippen LogP contribution in [0.25, 0.3) is 0 Å². The Morgan fingerprint density at radius 3 is 2.62 bits per heavy atom. The summed E-state index contributed by atoms with van der Waals surface area (Å²) in [5, 5.41) is 6.60. The topological polar surface area (TPSA) is 33.1 Å². The molecular formula is C8H10F3NO. The molecule has 0 saturated carbocycles. The summed E-state index contributed by atoms with van der Waals surface area (Å²) in [6.07, 6.45) is 0.343. The maximum Gasteiger partial charge on any atom is 0.467 e. The van der Waals surface area contributed by atoms with Crippen LogP contribution in [0.4, 0.5) is 13.2 Å². The maximum atomic E-state index is 11.8. The number of alkyl halides is 3. The number of hydrogen-bond acceptors (Lipinski definition) is 2. The Morgan fingerprint density at radius 1 is 1.46 bits per heavy atom. The number of hydrogen-bond donors (Lipinski definition) is 1. The molecule has 0 aromatic rings. The molecule has 2 nitrogen and oxygen atoms in total. The summed E-state index contributed by atoms with van der Waals surface area (Å²) in [7, 11) is 0. The lowest BCUT2D eigenvalue weighted by Gasteiger charge is -2.19. The second kappa shape index (κ2) is 3.81. The number of nitrogens with one attached hydrogen (secondary N) is 1. The molecule has 1 unspecified atom stereocenters. The quantitative estimate of drug-likeness (QED) is 0.387. The maximum absolute atomic E-state index is 11.8. The molecule has 0 radical (unpaired) electrons. The number of ether oxygens (including phenoxy) is 1. The van der Waals surface area contributed by atoms with Gasteiger partial charge in [-0.25, -0.2) is 0 Å². The lowest BCUT2D eigenvalue weighted by Crippen LogP contribution is -2.29. The minimum Gasteiger partial charge on any atom is -0.467 e. The average Bonchev–Trinajstić information content (AvgIpc) is 2.04. The van der Waals surface area contributed by atoms with Gasteiger partial charge in [0.05, 0.1) is 0 Å². The fourth-order valence-corrected chi connectivity index (χ4v) is 1.10. The molecule has 0 saturated heterocycles. The smallest absolute Gasteiger partial charge is 0.467 e. The predicted molar refractivity (Wildman–Crippen MR) is 41.6 cm³/mol. The normalized spacial score (nSPS) is 22.8. The van der Waals surface area contributed by atoms with Crippen LogP contribution < -0.4 is 0 Å². The van der Waals surface area contributed by atoms with Crippen LogP contribution in [0.2, 0.25) is 0 Å². The van der Waals surface area contributed by atoms with E-state index < -0.39 is 18.2 Å². The first kappa shape index (κ1) is 10.1. The van der Waals surface area contributed by atoms with Gasteiger partial charge < -0.3 is 4.74 Å². The van der Waals surface area contributed by atoms with Crippen molar-refractivity contribution in [3.63, 3.8) is 0 Å². The number of halogens is 3. The highest BCUT2D eigenvalue weighted by molar-refractivity contribution is 5.78. The van der Waals surface area contributed by atoms with E-state index in [0.717, 1.165) is 12.8 Å². The molecule has 0 aromatic carbocycles. The fourth-order valence-electron chi connectivity index (χ4n) is 1.10. The van der Waals surface area contributed by atoms with E-state index in [4.69, 9.17) is 5.41 Å². The van der Waals surface area contributed by atoms with E-state index in [2.05, 4.69) is 4.74 Å². The van der Waals surface area contributed by atoms with E-state index in [1.54, 1.807) is 12.2 Å². The Labute approximate surface area is 73.9 Å². The summed E-state index contributed by atoms with van der Waals surface area (Å²) in [5.41, 5.74) is 0. The van der Waals surface area contributed by atoms with Gasteiger partial charge in [-0.15, -0.1) is 0 Å². The standard InChI is InChI=1S/C8H10F3NO/c9-8(10,11)7(12)13-6-4-2-1-3-5-6/h2,4,6,12H,1,3,5H2. The Balaban J connectivity index is 2.44. The molecule has 13 heavy (non-hydrogen) atoms. The van der Waals surface area contributed by atoms with Gasteiger partial charge in [-0.05, 0) is 25.3 Å². The number of rotatable bonds is 1. The lowest BCUT2D eigenvalue weighted by atomic mass is 10.1. The highest BCUT2D eigenvalue weighted by Crippen LogP contribution is 2.21. The zero-order chi connectivity index (χ0) is 9.90. The summed E-state index contributed by atoms with van der Waals surface area (Å²) < 4.78 is 39.9. The average molecular weight is 193 g/mol. The first-order valence-corrected chi connectivity index (χ1v) is 3.99. The van der Waals surface area contributed by atoms with Gasteiger partial charge in [0, 0.05) is 0 Å². The zero-order valence-electron chi connectivity index (χ0n) is 6.90. The predicted octanol–water partition coefficient (Wildman–Crippen LogP) is 2.65. The molecule has 0 aromatic heterocycles. The molecule has 1 aliphatic carbocycles. The molecule has 0 spiro atoms. The third-order valence-electron chi connectivity index (χ3n) is 1.74. The van der Waals surface area contributed by atoms with Gasteiger partial charge in [0.1, 0.15) is 6.10 Å². The minimum absolute atomic E-state index is 0.551. The Kier molecular flexibility index (Phi) is 2.95. The molecular weight excluding hydrogens is 183 g/mol. The molecule has 1 atom stereocenters. The van der Waals surface area contributed by atoms with Crippen molar-refractivity contribution in [2.45, 2.75) is 31.5 Å². The number of allylic oxidation sites excluding steroid dienone is 1. The molecule has 0 heterocycles. The Bertz CT molecular complexity index is 222. The summed E-state index contributed by atoms with van der Waals surface area (Å²) in [5.74, 6) is -1.61. The molecule has 0 bridgehead atoms. The van der Waals surface area contributed by atoms with Crippen LogP contribution >= 0.6 is 0 Å². The second-order valence-electron chi connectivity index (χ2n) is 2.84. The van der Waals surface area contributed by atoms with Gasteiger partial charge in [-0.2, -0.15) is 13.2 Å². The molecule has 0 fully saturated rings. The summed E-state index contributed by atoms with van der Waals surface area (Å²) in [4.78, 5) is 0. The zero-order valence-corrected chi connectivity index (χ0v) is 6.90. The van der Waals surface area contributed by atoms with Crippen molar-refractivity contribution in [3.8, 4) is 0 Å². The van der Waals surface area contributed by atoms with E-state index in [-0.39, 0.29) is 0 Å². The van der Waals surface area contributed by atoms with Crippen LogP contribution in [0.1, 0.15) is 19.3 Å². The van der Waals surface area contributed by atoms with Gasteiger partial charge in [0.15, 0.2) is 0 Å². The van der Waals surface area contributed by atoms with Crippen molar-refractivity contribution in [3.05, 3.63) is 12.2 Å². The van der Waals surface area contributed by atoms with Crippen LogP contribution in [0, 0.1) is 5.41 Å². The van der Waals surface area contributed by atoms with Gasteiger partial charge in [-0.3, -0.25) is 5.41 Å². The van der Waals surface area contributed by atoms with E-state index in [0.29, 0.717) is 6.42 Å². The van der Waals surface area contributed by atoms with Crippen LogP contribution in [0.15, 0.2) is 12.2 Å². The van der Waals surface area contributed by atoms with Crippen LogP contribution in [-0.2, 0) is 4.74 Å². The first-order valence-electron chi connectivity index (χ1n) is 3.99. The third kappa shape index (κ3) is 3.08. The van der Waals surface area contributed by atoms with E-state index in [1.807, 2.05) is 0 Å². The van der Waals surface area contributed by atoms with E-state index in [1.165, 1.54) is 0 Å². The SMILES string of the molecule is N=C(OC1C=CCCC1)C(F)(F)F. The van der Waals surface area contributed by atoms with Crippen molar-refractivity contribution >= 4 is 5.90 Å². The van der Waals surface area contributed by atoms with Crippen LogP contribution in [0.5, 0.6) is 0 Å². The van der Waals surface area contributed by atoms with Gasteiger partial charge in [0.2, 0.25) is 0 Å². The van der Waals surface area contributed by atoms with E-state index in [9.17, 15) is 13.2 Å². The molecule has 5 heteroatoms. The van der Waals surface area contributed by atoms with Crippen molar-refractivity contribution < 1.29 is 17.9 Å². The molecule has 1 aliphatic rings. The monoisotopic (exact) mass is 193 g/mol. The summed E-state index contributed by atoms with van der Waals surface area (Å²) in [6, 6.07) is 0. The molecule has 0 aliphatic heterocycles. The van der Waals surface area contributed by atoms with Crippen LogP contribution in [-0.4, -0.2) is 18.2 Å². The molecule has 1 rings (SSSR count). The van der Waals surface area contributed by atoms with Gasteiger partial charge in [-0.1, -0.05) is 6.08 Å². The van der Waals surface area contributed by atoms with Crippen LogP contribution in [0.3, 0.4) is 0 Å². The highest BCUT2D eigenvalue weighted by Gasteiger charge is 2.37. The third-order valence-corrected chi connectivity index (χ3v) is 1.74. The first-order chi connectivity index (χ1) is 6.00. The Morgan fingerprint density at radius 2 is 2.15 bits per heavy atom. The summed E-state index contributed by atoms with van der Waals surface area (Å²) in [6.45, 7) is 0. The van der Waals surface area contributed by atoms with Crippen molar-refractivity contribution in [1.82, 2.24) is 0 Å². The summed E-state index contributed by atoms with van der Waals surface area (Å²) >= 11 is 0. The second-order valence-corrected chi connectivity index (χ2v) is 2.84. The molecule has 0 amide bonds. The fraction of sp³-hybridized carbons (Fsp3) is 0.625. The lowest BCUT2D eigenvalue weighted by molar-refractivity contribution is -0.0828. The molecule has 1 N–H and O–H groups in total. The van der Waals surface area contributed by atoms with Gasteiger partial charge >= 0.3 is 6.18 Å². The van der Waals surface area contributed by atoms with Crippen molar-refractivity contribution in [1.29, 1.82) is 5.41 Å². The minimum atomic E-state index is -4.66. The van der Waals surface area contributed by atoms with Crippen molar-refractivity contribution in [2.75, 3.05) is 0 Å². The Hall–Kier alpha value is -1.00. The van der Waals surface area contributed by atoms with Gasteiger partial charge in [0.25, 0.3) is 5.90 Å².